The Balaban J connectivity index is 1.41. The fourth-order valence-electron chi connectivity index (χ4n) is 11.4. The van der Waals surface area contributed by atoms with E-state index in [-0.39, 0.29) is 65.8 Å². The maximum absolute atomic E-state index is 12.9. The van der Waals surface area contributed by atoms with Gasteiger partial charge in [-0.25, -0.2) is 4.58 Å². The van der Waals surface area contributed by atoms with Crippen LogP contribution < -0.4 is 26.3 Å². The Kier molecular flexibility index (Phi) is 21.2. The number of anilines is 1. The lowest BCUT2D eigenvalue weighted by Gasteiger charge is -2.38. The van der Waals surface area contributed by atoms with Crippen molar-refractivity contribution in [2.45, 2.75) is 78.8 Å². The van der Waals surface area contributed by atoms with Crippen molar-refractivity contribution in [1.82, 2.24) is 15.1 Å². The number of hydrogen-bond acceptors (Lipinski definition) is 9. The van der Waals surface area contributed by atoms with Crippen LogP contribution in [0.3, 0.4) is 0 Å². The SMILES string of the molecule is C=C(C)C(=O)CCCCN(Cc1c(B(O)O)cc(Cl)c(Cl)c1Cl)Cc1c2ccccc2c(CN(CCCNC(=O)C(=C)C)Cc2c(B(O)O)cc(Cl)c(Cl)c2Cl)c2ccc(C3=C4C=CC(=[N+](C)C)C=C4[Si](C)(C)c4cc(N(C)C)ccc43)cc12. The van der Waals surface area contributed by atoms with E-state index in [1.165, 1.54) is 33.7 Å². The van der Waals surface area contributed by atoms with Gasteiger partial charge in [0.05, 0.1) is 30.1 Å². The normalized spacial score (nSPS) is 13.6. The van der Waals surface area contributed by atoms with E-state index in [4.69, 9.17) is 69.6 Å². The predicted octanol–water partition coefficient (Wildman–Crippen LogP) is 11.2. The number of amides is 1. The molecule has 0 atom stereocenters. The highest BCUT2D eigenvalue weighted by molar-refractivity contribution is 6.98. The lowest BCUT2D eigenvalue weighted by molar-refractivity contribution is -0.462. The first-order valence-corrected chi connectivity index (χ1v) is 33.1. The average Bonchev–Trinajstić information content (AvgIpc) is 0.897. The standard InChI is InChI=1S/C64H69B2Cl6N5O6Si/c1-37(2)56(78)18-13-14-26-76(35-50-52(65(80)81)31-54(67)62(71)60(50)69)34-49-43-17-12-11-16-42(43)48(33-77(27-15-25-73-64(79)38(3)4)36-51-53(66(82)83)32-55(68)63(72)61(51)70)44-22-19-39(28-47(44)49)59-45-23-20-40(74(5)6)29-57(45)84(9,10)58-30-41(75(7)8)21-24-46(58)59/h11-12,16-17,19-24,28-32,80-83H,1,3,13-15,18,25-27,33-36H2,2,4-10H3/p+1. The van der Waals surface area contributed by atoms with Gasteiger partial charge in [-0.1, -0.05) is 138 Å². The number of carbonyl (C=O) groups excluding carboxylic acids is 2. The zero-order chi connectivity index (χ0) is 61.2. The minimum Gasteiger partial charge on any atom is -0.423 e. The molecule has 0 unspecified atom stereocenters. The number of allylic oxidation sites excluding steroid dienone is 6. The molecule has 11 nitrogen and oxygen atoms in total. The molecule has 0 fully saturated rings. The maximum atomic E-state index is 12.9. The van der Waals surface area contributed by atoms with Gasteiger partial charge in [0.25, 0.3) is 0 Å². The molecule has 2 aliphatic rings. The van der Waals surface area contributed by atoms with E-state index >= 15 is 0 Å². The number of nitrogens with zero attached hydrogens (tertiary/aromatic N) is 4. The van der Waals surface area contributed by atoms with Gasteiger partial charge in [-0.15, -0.1) is 0 Å². The Labute approximate surface area is 525 Å². The maximum Gasteiger partial charge on any atom is 0.488 e. The quantitative estimate of drug-likeness (QED) is 0.0106. The van der Waals surface area contributed by atoms with Gasteiger partial charge in [0, 0.05) is 83.2 Å². The molecule has 5 N–H and O–H groups in total. The Bertz CT molecular complexity index is 3780. The number of rotatable bonds is 23. The van der Waals surface area contributed by atoms with Gasteiger partial charge >= 0.3 is 14.2 Å². The minimum atomic E-state index is -2.34. The van der Waals surface area contributed by atoms with Gasteiger partial charge < -0.3 is 30.3 Å². The number of hydrogen-bond donors (Lipinski definition) is 5. The average molecular weight is 1270 g/mol. The number of benzene rings is 6. The van der Waals surface area contributed by atoms with Crippen LogP contribution in [0.25, 0.3) is 27.1 Å². The summed E-state index contributed by atoms with van der Waals surface area (Å²) in [5.41, 5.74) is 10.5. The van der Waals surface area contributed by atoms with E-state index in [2.05, 4.69) is 146 Å². The zero-order valence-electron chi connectivity index (χ0n) is 48.7. The summed E-state index contributed by atoms with van der Waals surface area (Å²) in [6.45, 7) is 18.0. The second-order valence-electron chi connectivity index (χ2n) is 22.8. The molecule has 1 heterocycles. The van der Waals surface area contributed by atoms with Crippen LogP contribution >= 0.6 is 69.6 Å². The molecule has 0 bridgehead atoms. The van der Waals surface area contributed by atoms with Gasteiger partial charge in [-0.05, 0) is 169 Å². The monoisotopic (exact) mass is 1260 g/mol. The molecule has 8 rings (SSSR count). The third-order valence-electron chi connectivity index (χ3n) is 16.1. The van der Waals surface area contributed by atoms with E-state index in [1.54, 1.807) is 13.8 Å². The van der Waals surface area contributed by atoms with Crippen molar-refractivity contribution in [3.05, 3.63) is 190 Å². The highest BCUT2D eigenvalue weighted by Crippen LogP contribution is 2.45. The fourth-order valence-corrected chi connectivity index (χ4v) is 15.9. The molecular weight excluding hydrogens is 1200 g/mol. The van der Waals surface area contributed by atoms with Crippen molar-refractivity contribution in [2.75, 3.05) is 52.7 Å². The van der Waals surface area contributed by atoms with E-state index < -0.39 is 22.3 Å². The summed E-state index contributed by atoms with van der Waals surface area (Å²) in [6, 6.07) is 24.6. The highest BCUT2D eigenvalue weighted by atomic mass is 35.5. The topological polar surface area (TPSA) is 140 Å². The van der Waals surface area contributed by atoms with Crippen molar-refractivity contribution in [3.8, 4) is 0 Å². The third-order valence-corrected chi connectivity index (χ3v) is 22.2. The Morgan fingerprint density at radius 2 is 1.18 bits per heavy atom. The second-order valence-corrected chi connectivity index (χ2v) is 29.5. The lowest BCUT2D eigenvalue weighted by Crippen LogP contribution is -2.49. The summed E-state index contributed by atoms with van der Waals surface area (Å²) in [4.78, 5) is 32.1. The van der Waals surface area contributed by atoms with Gasteiger partial charge in [-0.2, -0.15) is 0 Å². The van der Waals surface area contributed by atoms with Crippen molar-refractivity contribution < 1.29 is 34.3 Å². The first-order chi connectivity index (χ1) is 39.7. The predicted molar refractivity (Wildman–Crippen MR) is 357 cm³/mol. The molecule has 20 heteroatoms. The van der Waals surface area contributed by atoms with Crippen molar-refractivity contribution in [3.63, 3.8) is 0 Å². The number of ketones is 1. The summed E-state index contributed by atoms with van der Waals surface area (Å²) in [5.74, 6) is -0.271. The Morgan fingerprint density at radius 3 is 1.70 bits per heavy atom. The van der Waals surface area contributed by atoms with Gasteiger partial charge in [0.2, 0.25) is 5.91 Å². The summed E-state index contributed by atoms with van der Waals surface area (Å²) in [7, 11) is 2.09. The van der Waals surface area contributed by atoms with Crippen molar-refractivity contribution >= 4 is 158 Å². The van der Waals surface area contributed by atoms with Crippen LogP contribution in [0.15, 0.2) is 126 Å². The van der Waals surface area contributed by atoms with Crippen LogP contribution in [-0.4, -0.2) is 122 Å². The molecule has 0 aromatic heterocycles. The largest absolute Gasteiger partial charge is 0.488 e. The van der Waals surface area contributed by atoms with E-state index in [9.17, 15) is 29.7 Å². The highest BCUT2D eigenvalue weighted by Gasteiger charge is 2.41. The molecule has 6 aromatic rings. The molecule has 84 heavy (non-hydrogen) atoms. The van der Waals surface area contributed by atoms with Gasteiger partial charge in [0.15, 0.2) is 11.5 Å². The number of carbonyl (C=O) groups is 2. The van der Waals surface area contributed by atoms with Crippen LogP contribution in [0.1, 0.15) is 72.9 Å². The van der Waals surface area contributed by atoms with E-state index in [0.29, 0.717) is 80.7 Å². The molecule has 1 amide bonds. The Morgan fingerprint density at radius 1 is 0.643 bits per heavy atom. The summed E-state index contributed by atoms with van der Waals surface area (Å²) >= 11 is 40.5. The van der Waals surface area contributed by atoms with Crippen LogP contribution in [0.5, 0.6) is 0 Å². The molecule has 6 aromatic carbocycles. The van der Waals surface area contributed by atoms with E-state index in [0.717, 1.165) is 55.2 Å². The minimum absolute atomic E-state index is 0.0129. The van der Waals surface area contributed by atoms with Crippen LogP contribution in [0, 0.1) is 0 Å². The smallest absolute Gasteiger partial charge is 0.423 e. The summed E-state index contributed by atoms with van der Waals surface area (Å²) in [6.07, 6.45) is 8.81. The first-order valence-electron chi connectivity index (χ1n) is 27.8. The Hall–Kier alpha value is -5.00. The number of halogens is 6. The summed E-state index contributed by atoms with van der Waals surface area (Å²) in [5, 5.41) is 53.1. The molecule has 0 saturated carbocycles. The molecule has 1 aliphatic heterocycles. The first kappa shape index (κ1) is 65.0. The number of Topliss-reactive ketones (excluding diaryl/α,β-unsaturated/α-hetero) is 1. The summed E-state index contributed by atoms with van der Waals surface area (Å²) < 4.78 is 2.15. The molecule has 0 radical (unpaired) electrons. The van der Waals surface area contributed by atoms with Gasteiger partial charge in [-0.3, -0.25) is 19.4 Å². The zero-order valence-corrected chi connectivity index (χ0v) is 54.2. The second kappa shape index (κ2) is 27.4. The molecule has 0 saturated heterocycles. The number of unbranched alkanes of at least 4 members (excludes halogenated alkanes) is 1. The lowest BCUT2D eigenvalue weighted by atomic mass is 9.76. The van der Waals surface area contributed by atoms with Crippen LogP contribution in [-0.2, 0) is 35.8 Å². The van der Waals surface area contributed by atoms with Crippen LogP contribution in [0.4, 0.5) is 5.69 Å². The molecule has 0 spiro atoms. The van der Waals surface area contributed by atoms with E-state index in [1.807, 2.05) is 12.1 Å². The third kappa shape index (κ3) is 13.9. The molecule has 1 aliphatic carbocycles. The van der Waals surface area contributed by atoms with Crippen molar-refractivity contribution in [2.24, 2.45) is 0 Å². The van der Waals surface area contributed by atoms with Crippen LogP contribution in [0.2, 0.25) is 43.2 Å². The number of fused-ring (bicyclic) bond motifs is 4. The molecule has 438 valence electrons. The van der Waals surface area contributed by atoms with Gasteiger partial charge in [0.1, 0.15) is 22.2 Å². The fraction of sp³-hybridized carbons (Fsp3) is 0.297. The van der Waals surface area contributed by atoms with Crippen molar-refractivity contribution in [1.29, 1.82) is 0 Å². The number of nitrogens with one attached hydrogen (secondary N) is 1. The molecular formula is C64H70B2Cl6N5O6Si+.